The van der Waals surface area contributed by atoms with Crippen LogP contribution in [0.2, 0.25) is 0 Å². The van der Waals surface area contributed by atoms with Gasteiger partial charge in [0.25, 0.3) is 5.91 Å². The van der Waals surface area contributed by atoms with E-state index in [1.807, 2.05) is 6.08 Å². The molecule has 1 amide bonds. The van der Waals surface area contributed by atoms with Crippen molar-refractivity contribution >= 4 is 5.91 Å². The van der Waals surface area contributed by atoms with Crippen LogP contribution in [0.4, 0.5) is 0 Å². The highest BCUT2D eigenvalue weighted by atomic mass is 16.5. The topological polar surface area (TPSA) is 41.6 Å². The van der Waals surface area contributed by atoms with E-state index in [1.165, 1.54) is 5.56 Å². The lowest BCUT2D eigenvalue weighted by Crippen LogP contribution is -2.48. The zero-order valence-corrected chi connectivity index (χ0v) is 13.8. The third kappa shape index (κ3) is 4.35. The van der Waals surface area contributed by atoms with E-state index in [-0.39, 0.29) is 11.9 Å². The fourth-order valence-electron chi connectivity index (χ4n) is 3.38. The Balaban J connectivity index is 1.50. The molecule has 2 unspecified atom stereocenters. The minimum atomic E-state index is -0.0431. The molecule has 1 fully saturated rings. The van der Waals surface area contributed by atoms with E-state index in [1.54, 1.807) is 0 Å². The number of likely N-dealkylation sites (tertiary alicyclic amines) is 1. The second-order valence-corrected chi connectivity index (χ2v) is 6.56. The molecular formula is C19H26N2O2. The van der Waals surface area contributed by atoms with Crippen LogP contribution in [0.3, 0.4) is 0 Å². The Morgan fingerprint density at radius 1 is 1.35 bits per heavy atom. The number of carbonyl (C=O) groups is 1. The molecule has 23 heavy (non-hydrogen) atoms. The molecule has 0 bridgehead atoms. The molecule has 2 heterocycles. The van der Waals surface area contributed by atoms with Gasteiger partial charge < -0.3 is 10.1 Å². The van der Waals surface area contributed by atoms with E-state index < -0.39 is 0 Å². The van der Waals surface area contributed by atoms with Crippen molar-refractivity contribution in [2.75, 3.05) is 13.2 Å². The van der Waals surface area contributed by atoms with E-state index in [2.05, 4.69) is 47.5 Å². The fourth-order valence-corrected chi connectivity index (χ4v) is 3.38. The third-order valence-corrected chi connectivity index (χ3v) is 4.74. The van der Waals surface area contributed by atoms with Crippen LogP contribution in [0, 0.1) is 0 Å². The number of hydrogen-bond acceptors (Lipinski definition) is 3. The smallest absolute Gasteiger partial charge is 0.286 e. The van der Waals surface area contributed by atoms with Gasteiger partial charge in [-0.05, 0) is 44.2 Å². The zero-order chi connectivity index (χ0) is 16.1. The van der Waals surface area contributed by atoms with Gasteiger partial charge in [0.2, 0.25) is 0 Å². The van der Waals surface area contributed by atoms with Crippen LogP contribution >= 0.6 is 0 Å². The summed E-state index contributed by atoms with van der Waals surface area (Å²) in [4.78, 5) is 14.7. The summed E-state index contributed by atoms with van der Waals surface area (Å²) in [6.07, 6.45) is 5.84. The summed E-state index contributed by atoms with van der Waals surface area (Å²) in [5.41, 5.74) is 1.35. The van der Waals surface area contributed by atoms with Gasteiger partial charge in [-0.1, -0.05) is 30.3 Å². The van der Waals surface area contributed by atoms with Crippen molar-refractivity contribution in [1.29, 1.82) is 0 Å². The Hall–Kier alpha value is -1.81. The number of benzene rings is 1. The maximum atomic E-state index is 12.2. The second-order valence-electron chi connectivity index (χ2n) is 6.56. The lowest BCUT2D eigenvalue weighted by atomic mass is 9.97. The lowest BCUT2D eigenvalue weighted by Gasteiger charge is -2.38. The van der Waals surface area contributed by atoms with Crippen molar-refractivity contribution in [3.63, 3.8) is 0 Å². The number of nitrogens with zero attached hydrogens (tertiary/aromatic N) is 1. The van der Waals surface area contributed by atoms with Gasteiger partial charge in [-0.2, -0.15) is 0 Å². The van der Waals surface area contributed by atoms with Gasteiger partial charge in [0.05, 0.1) is 6.61 Å². The van der Waals surface area contributed by atoms with Gasteiger partial charge in [-0.15, -0.1) is 0 Å². The minimum absolute atomic E-state index is 0.0431. The summed E-state index contributed by atoms with van der Waals surface area (Å²) in [6, 6.07) is 11.3. The first kappa shape index (κ1) is 16.1. The van der Waals surface area contributed by atoms with Crippen LogP contribution in [0.25, 0.3) is 0 Å². The molecule has 0 aromatic heterocycles. The number of amides is 1. The Kier molecular flexibility index (Phi) is 5.34. The number of allylic oxidation sites excluding steroid dienone is 1. The number of ether oxygens (including phenoxy) is 1. The molecule has 0 spiro atoms. The van der Waals surface area contributed by atoms with Gasteiger partial charge in [0, 0.05) is 25.2 Å². The summed E-state index contributed by atoms with van der Waals surface area (Å²) in [6.45, 7) is 4.90. The number of nitrogens with one attached hydrogen (secondary N) is 1. The Morgan fingerprint density at radius 2 is 2.17 bits per heavy atom. The SMILES string of the molecule is CC1CC(NC(=O)C2=CCCCO2)CCN1Cc1ccccc1. The van der Waals surface area contributed by atoms with Crippen molar-refractivity contribution in [2.45, 2.75) is 51.2 Å². The molecule has 1 saturated heterocycles. The number of piperidine rings is 1. The predicted octanol–water partition coefficient (Wildman–Crippen LogP) is 2.85. The molecule has 4 nitrogen and oxygen atoms in total. The summed E-state index contributed by atoms with van der Waals surface area (Å²) in [5.74, 6) is 0.467. The molecule has 1 aromatic carbocycles. The monoisotopic (exact) mass is 314 g/mol. The normalized spacial score (nSPS) is 25.3. The number of hydrogen-bond donors (Lipinski definition) is 1. The van der Waals surface area contributed by atoms with Crippen LogP contribution in [-0.2, 0) is 16.1 Å². The van der Waals surface area contributed by atoms with E-state index in [4.69, 9.17) is 4.74 Å². The summed E-state index contributed by atoms with van der Waals surface area (Å²) in [7, 11) is 0. The largest absolute Gasteiger partial charge is 0.488 e. The first-order valence-electron chi connectivity index (χ1n) is 8.64. The highest BCUT2D eigenvalue weighted by Crippen LogP contribution is 2.20. The third-order valence-electron chi connectivity index (χ3n) is 4.74. The average molecular weight is 314 g/mol. The van der Waals surface area contributed by atoms with Crippen LogP contribution < -0.4 is 5.32 Å². The molecule has 4 heteroatoms. The maximum Gasteiger partial charge on any atom is 0.286 e. The van der Waals surface area contributed by atoms with E-state index in [9.17, 15) is 4.79 Å². The van der Waals surface area contributed by atoms with Crippen molar-refractivity contribution in [3.8, 4) is 0 Å². The highest BCUT2D eigenvalue weighted by molar-refractivity contribution is 5.91. The van der Waals surface area contributed by atoms with Gasteiger partial charge >= 0.3 is 0 Å². The van der Waals surface area contributed by atoms with Crippen LogP contribution in [0.1, 0.15) is 38.2 Å². The van der Waals surface area contributed by atoms with E-state index in [0.29, 0.717) is 18.4 Å². The van der Waals surface area contributed by atoms with Gasteiger partial charge in [0.1, 0.15) is 0 Å². The van der Waals surface area contributed by atoms with Crippen molar-refractivity contribution in [1.82, 2.24) is 10.2 Å². The molecule has 1 N–H and O–H groups in total. The molecule has 2 atom stereocenters. The number of rotatable bonds is 4. The molecule has 3 rings (SSSR count). The molecule has 0 aliphatic carbocycles. The van der Waals surface area contributed by atoms with Crippen molar-refractivity contribution < 1.29 is 9.53 Å². The zero-order valence-electron chi connectivity index (χ0n) is 13.8. The number of carbonyl (C=O) groups excluding carboxylic acids is 1. The van der Waals surface area contributed by atoms with Crippen LogP contribution in [0.15, 0.2) is 42.2 Å². The molecule has 1 aromatic rings. The first-order valence-corrected chi connectivity index (χ1v) is 8.64. The quantitative estimate of drug-likeness (QED) is 0.929. The van der Waals surface area contributed by atoms with Gasteiger partial charge in [-0.3, -0.25) is 9.69 Å². The Bertz CT molecular complexity index is 556. The predicted molar refractivity (Wildman–Crippen MR) is 90.7 cm³/mol. The second kappa shape index (κ2) is 7.64. The van der Waals surface area contributed by atoms with E-state index >= 15 is 0 Å². The molecular weight excluding hydrogens is 288 g/mol. The Labute approximate surface area is 138 Å². The average Bonchev–Trinajstić information content (AvgIpc) is 2.59. The standard InChI is InChI=1S/C19H26N2O2/c1-15-13-17(20-19(22)18-9-5-6-12-23-18)10-11-21(15)14-16-7-3-2-4-8-16/h2-4,7-9,15,17H,5-6,10-14H2,1H3,(H,20,22). The van der Waals surface area contributed by atoms with Gasteiger partial charge in [-0.25, -0.2) is 0 Å². The first-order chi connectivity index (χ1) is 11.2. The van der Waals surface area contributed by atoms with Crippen molar-refractivity contribution in [3.05, 3.63) is 47.7 Å². The molecule has 0 saturated carbocycles. The van der Waals surface area contributed by atoms with Crippen LogP contribution in [0.5, 0.6) is 0 Å². The summed E-state index contributed by atoms with van der Waals surface area (Å²) >= 11 is 0. The molecule has 2 aliphatic heterocycles. The Morgan fingerprint density at radius 3 is 2.87 bits per heavy atom. The van der Waals surface area contributed by atoms with Crippen LogP contribution in [-0.4, -0.2) is 36.0 Å². The lowest BCUT2D eigenvalue weighted by molar-refractivity contribution is -0.122. The fraction of sp³-hybridized carbons (Fsp3) is 0.526. The summed E-state index contributed by atoms with van der Waals surface area (Å²) < 4.78 is 5.45. The minimum Gasteiger partial charge on any atom is -0.488 e. The van der Waals surface area contributed by atoms with Gasteiger partial charge in [0.15, 0.2) is 5.76 Å². The summed E-state index contributed by atoms with van der Waals surface area (Å²) in [5, 5.41) is 3.14. The van der Waals surface area contributed by atoms with E-state index in [0.717, 1.165) is 38.8 Å². The molecule has 2 aliphatic rings. The van der Waals surface area contributed by atoms with Crippen molar-refractivity contribution in [2.24, 2.45) is 0 Å². The highest BCUT2D eigenvalue weighted by Gasteiger charge is 2.27. The molecule has 0 radical (unpaired) electrons. The molecule has 124 valence electrons. The maximum absolute atomic E-state index is 12.2.